The molecule has 0 heterocycles. The second-order valence-electron chi connectivity index (χ2n) is 4.12. The van der Waals surface area contributed by atoms with E-state index in [0.717, 1.165) is 12.3 Å². The average molecular weight is 256 g/mol. The van der Waals surface area contributed by atoms with Gasteiger partial charge < -0.3 is 5.11 Å². The van der Waals surface area contributed by atoms with E-state index < -0.39 is 10.4 Å². The Balaban J connectivity index is 0. The predicted molar refractivity (Wildman–Crippen MR) is 63.8 cm³/mol. The molecule has 0 aliphatic heterocycles. The van der Waals surface area contributed by atoms with Crippen molar-refractivity contribution in [3.63, 3.8) is 0 Å². The lowest BCUT2D eigenvalue weighted by Gasteiger charge is -2.03. The molecule has 0 aromatic rings. The van der Waals surface area contributed by atoms with Gasteiger partial charge in [-0.2, -0.15) is 8.42 Å². The maximum absolute atomic E-state index is 8.74. The van der Waals surface area contributed by atoms with Crippen LogP contribution in [-0.2, 0) is 10.4 Å². The third kappa shape index (κ3) is 37.1. The topological polar surface area (TPSA) is 94.8 Å². The molecule has 0 rings (SSSR count). The average Bonchev–Trinajstić information content (AvgIpc) is 2.08. The molecule has 0 spiro atoms. The SMILES string of the molecule is CC(C)CCCCCCCO.O=S(=O)(O)O. The van der Waals surface area contributed by atoms with E-state index in [0.29, 0.717) is 6.61 Å². The van der Waals surface area contributed by atoms with E-state index in [1.807, 2.05) is 0 Å². The van der Waals surface area contributed by atoms with E-state index in [1.165, 1.54) is 32.1 Å². The molecule has 100 valence electrons. The predicted octanol–water partition coefficient (Wildman–Crippen LogP) is 2.32. The van der Waals surface area contributed by atoms with Gasteiger partial charge in [0.1, 0.15) is 0 Å². The third-order valence-corrected chi connectivity index (χ3v) is 1.94. The van der Waals surface area contributed by atoms with Crippen LogP contribution < -0.4 is 0 Å². The van der Waals surface area contributed by atoms with Crippen LogP contribution in [0.2, 0.25) is 0 Å². The second kappa shape index (κ2) is 11.3. The standard InChI is InChI=1S/C10H22O.H2O4S/c1-10(2)8-6-4-3-5-7-9-11;1-5(2,3)4/h10-11H,3-9H2,1-2H3;(H2,1,2,3,4). The van der Waals surface area contributed by atoms with Crippen molar-refractivity contribution in [3.8, 4) is 0 Å². The Labute approximate surface area is 98.5 Å². The smallest absolute Gasteiger partial charge is 0.394 e. The van der Waals surface area contributed by atoms with Crippen LogP contribution in [0.25, 0.3) is 0 Å². The van der Waals surface area contributed by atoms with E-state index in [9.17, 15) is 0 Å². The molecule has 0 aromatic carbocycles. The van der Waals surface area contributed by atoms with Crippen LogP contribution in [0, 0.1) is 5.92 Å². The zero-order chi connectivity index (χ0) is 13.0. The molecule has 0 aromatic heterocycles. The first-order valence-electron chi connectivity index (χ1n) is 5.58. The number of hydrogen-bond acceptors (Lipinski definition) is 3. The number of hydrogen-bond donors (Lipinski definition) is 3. The van der Waals surface area contributed by atoms with Gasteiger partial charge in [-0.15, -0.1) is 0 Å². The Bertz CT molecular complexity index is 215. The van der Waals surface area contributed by atoms with Crippen molar-refractivity contribution < 1.29 is 22.6 Å². The molecule has 0 saturated heterocycles. The third-order valence-electron chi connectivity index (χ3n) is 1.94. The van der Waals surface area contributed by atoms with Crippen LogP contribution in [0.3, 0.4) is 0 Å². The molecule has 0 atom stereocenters. The molecule has 6 heteroatoms. The highest BCUT2D eigenvalue weighted by atomic mass is 32.3. The van der Waals surface area contributed by atoms with Crippen molar-refractivity contribution in [2.24, 2.45) is 5.92 Å². The molecule has 16 heavy (non-hydrogen) atoms. The highest BCUT2D eigenvalue weighted by Crippen LogP contribution is 2.09. The Morgan fingerprint density at radius 3 is 1.69 bits per heavy atom. The Hall–Kier alpha value is -0.170. The van der Waals surface area contributed by atoms with Crippen molar-refractivity contribution in [1.82, 2.24) is 0 Å². The lowest BCUT2D eigenvalue weighted by molar-refractivity contribution is 0.282. The molecule has 0 aliphatic rings. The van der Waals surface area contributed by atoms with Gasteiger partial charge in [-0.25, -0.2) is 0 Å². The van der Waals surface area contributed by atoms with Crippen molar-refractivity contribution >= 4 is 10.4 Å². The van der Waals surface area contributed by atoms with Gasteiger partial charge in [0.2, 0.25) is 0 Å². The zero-order valence-corrected chi connectivity index (χ0v) is 10.9. The molecule has 0 amide bonds. The normalized spacial score (nSPS) is 11.1. The molecule has 0 aliphatic carbocycles. The first-order chi connectivity index (χ1) is 7.27. The Morgan fingerprint density at radius 2 is 1.31 bits per heavy atom. The fourth-order valence-electron chi connectivity index (χ4n) is 1.19. The van der Waals surface area contributed by atoms with Gasteiger partial charge in [0, 0.05) is 6.61 Å². The molecule has 5 nitrogen and oxygen atoms in total. The lowest BCUT2D eigenvalue weighted by Crippen LogP contribution is -1.89. The summed E-state index contributed by atoms with van der Waals surface area (Å²) in [5, 5.41) is 8.51. The van der Waals surface area contributed by atoms with Crippen LogP contribution in [0.5, 0.6) is 0 Å². The summed E-state index contributed by atoms with van der Waals surface area (Å²) in [5.74, 6) is 0.854. The maximum Gasteiger partial charge on any atom is 0.394 e. The summed E-state index contributed by atoms with van der Waals surface area (Å²) >= 11 is 0. The minimum absolute atomic E-state index is 0.365. The zero-order valence-electron chi connectivity index (χ0n) is 10.1. The summed E-state index contributed by atoms with van der Waals surface area (Å²) in [6, 6.07) is 0. The molecular weight excluding hydrogens is 232 g/mol. The quantitative estimate of drug-likeness (QED) is 0.480. The monoisotopic (exact) mass is 256 g/mol. The first kappa shape index (κ1) is 18.2. The fourth-order valence-corrected chi connectivity index (χ4v) is 1.19. The van der Waals surface area contributed by atoms with Crippen LogP contribution in [-0.4, -0.2) is 29.2 Å². The number of aliphatic hydroxyl groups excluding tert-OH is 1. The largest absolute Gasteiger partial charge is 0.396 e. The van der Waals surface area contributed by atoms with Crippen LogP contribution in [0.4, 0.5) is 0 Å². The molecule has 0 saturated carbocycles. The van der Waals surface area contributed by atoms with E-state index in [1.54, 1.807) is 0 Å². The first-order valence-corrected chi connectivity index (χ1v) is 6.97. The molecular formula is C10H24O5S. The van der Waals surface area contributed by atoms with Crippen LogP contribution in [0.15, 0.2) is 0 Å². The van der Waals surface area contributed by atoms with E-state index in [-0.39, 0.29) is 0 Å². The number of aliphatic hydroxyl groups is 1. The molecule has 0 unspecified atom stereocenters. The Morgan fingerprint density at radius 1 is 0.938 bits per heavy atom. The van der Waals surface area contributed by atoms with Gasteiger partial charge in [-0.3, -0.25) is 9.11 Å². The van der Waals surface area contributed by atoms with Gasteiger partial charge in [0.15, 0.2) is 0 Å². The van der Waals surface area contributed by atoms with Crippen molar-refractivity contribution in [1.29, 1.82) is 0 Å². The molecule has 3 N–H and O–H groups in total. The van der Waals surface area contributed by atoms with E-state index in [2.05, 4.69) is 13.8 Å². The van der Waals surface area contributed by atoms with Gasteiger partial charge in [0.25, 0.3) is 0 Å². The Kier molecular flexibility index (Phi) is 12.9. The summed E-state index contributed by atoms with van der Waals surface area (Å²) in [7, 11) is -4.67. The fraction of sp³-hybridized carbons (Fsp3) is 1.00. The minimum Gasteiger partial charge on any atom is -0.396 e. The van der Waals surface area contributed by atoms with E-state index in [4.69, 9.17) is 22.6 Å². The van der Waals surface area contributed by atoms with Gasteiger partial charge >= 0.3 is 10.4 Å². The van der Waals surface area contributed by atoms with Gasteiger partial charge in [0.05, 0.1) is 0 Å². The van der Waals surface area contributed by atoms with Crippen LogP contribution >= 0.6 is 0 Å². The van der Waals surface area contributed by atoms with Crippen LogP contribution in [0.1, 0.15) is 52.4 Å². The van der Waals surface area contributed by atoms with Crippen molar-refractivity contribution in [2.45, 2.75) is 52.4 Å². The van der Waals surface area contributed by atoms with Crippen molar-refractivity contribution in [2.75, 3.05) is 6.61 Å². The molecule has 0 radical (unpaired) electrons. The molecule has 0 bridgehead atoms. The molecule has 0 fully saturated rings. The second-order valence-corrected chi connectivity index (χ2v) is 5.02. The summed E-state index contributed by atoms with van der Waals surface area (Å²) in [6.45, 7) is 4.91. The van der Waals surface area contributed by atoms with E-state index >= 15 is 0 Å². The minimum atomic E-state index is -4.67. The lowest BCUT2D eigenvalue weighted by atomic mass is 10.0. The highest BCUT2D eigenvalue weighted by Gasteiger charge is 1.93. The summed E-state index contributed by atoms with van der Waals surface area (Å²) < 4.78 is 31.6. The summed E-state index contributed by atoms with van der Waals surface area (Å²) in [6.07, 6.45) is 7.56. The summed E-state index contributed by atoms with van der Waals surface area (Å²) in [4.78, 5) is 0. The number of rotatable bonds is 7. The van der Waals surface area contributed by atoms with Gasteiger partial charge in [-0.1, -0.05) is 46.0 Å². The summed E-state index contributed by atoms with van der Waals surface area (Å²) in [5.41, 5.74) is 0. The van der Waals surface area contributed by atoms with Gasteiger partial charge in [-0.05, 0) is 12.3 Å². The van der Waals surface area contributed by atoms with Crippen molar-refractivity contribution in [3.05, 3.63) is 0 Å². The number of unbranched alkanes of at least 4 members (excludes halogenated alkanes) is 4. The highest BCUT2D eigenvalue weighted by molar-refractivity contribution is 7.79. The maximum atomic E-state index is 8.74.